The number of aliphatic hydroxyl groups excluding tert-OH is 2. The van der Waals surface area contributed by atoms with Gasteiger partial charge in [-0.15, -0.1) is 0 Å². The molecule has 0 saturated heterocycles. The minimum absolute atomic E-state index is 0.00725. The summed E-state index contributed by atoms with van der Waals surface area (Å²) in [5.41, 5.74) is 0. The Labute approximate surface area is 501 Å². The van der Waals surface area contributed by atoms with Gasteiger partial charge in [-0.05, 0) is 57.8 Å². The molecule has 0 bridgehead atoms. The molecule has 0 aliphatic rings. The van der Waals surface area contributed by atoms with Crippen molar-refractivity contribution in [3.05, 3.63) is 24.3 Å². The Morgan fingerprint density at radius 2 is 0.613 bits per heavy atom. The fraction of sp³-hybridized carbons (Fsp3) is 0.919. The first-order chi connectivity index (χ1) is 39.5. The zero-order valence-electron chi connectivity index (χ0n) is 54.3. The maximum absolute atomic E-state index is 12.6. The van der Waals surface area contributed by atoms with Gasteiger partial charge in [0, 0.05) is 12.8 Å². The topological polar surface area (TPSA) is 95.9 Å². The fourth-order valence-corrected chi connectivity index (χ4v) is 11.7. The van der Waals surface area contributed by atoms with Gasteiger partial charge < -0.3 is 20.3 Å². The SMILES string of the molecule is CCCCCCCCCCCCCCCCCCCCCCCCCCCC(O)C(CO)NC(=O)CCCCCCCCCCCC/C=C\C=C/CCCCCOC(=O)CCCCCCCCCCCCCCCCCCCCC. The molecule has 6 heteroatoms. The van der Waals surface area contributed by atoms with E-state index in [0.29, 0.717) is 25.9 Å². The van der Waals surface area contributed by atoms with E-state index < -0.39 is 12.1 Å². The second-order valence-electron chi connectivity index (χ2n) is 25.3. The zero-order valence-corrected chi connectivity index (χ0v) is 54.3. The van der Waals surface area contributed by atoms with Crippen LogP contribution in [-0.2, 0) is 14.3 Å². The molecule has 6 nitrogen and oxygen atoms in total. The summed E-state index contributed by atoms with van der Waals surface area (Å²) in [4.78, 5) is 24.7. The number of aliphatic hydroxyl groups is 2. The van der Waals surface area contributed by atoms with Crippen molar-refractivity contribution >= 4 is 11.9 Å². The van der Waals surface area contributed by atoms with Crippen LogP contribution in [0.15, 0.2) is 24.3 Å². The molecule has 0 aromatic rings. The van der Waals surface area contributed by atoms with E-state index in [1.165, 1.54) is 308 Å². The first-order valence-electron chi connectivity index (χ1n) is 36.6. The van der Waals surface area contributed by atoms with Gasteiger partial charge in [-0.2, -0.15) is 0 Å². The van der Waals surface area contributed by atoms with Crippen LogP contribution >= 0.6 is 0 Å². The van der Waals surface area contributed by atoms with Crippen LogP contribution in [0.2, 0.25) is 0 Å². The number of carbonyl (C=O) groups is 2. The number of rotatable bonds is 69. The molecule has 0 fully saturated rings. The number of esters is 1. The summed E-state index contributed by atoms with van der Waals surface area (Å²) in [6.45, 7) is 4.96. The van der Waals surface area contributed by atoms with Crippen LogP contribution in [0.25, 0.3) is 0 Å². The number of amides is 1. The van der Waals surface area contributed by atoms with E-state index in [1.807, 2.05) is 0 Å². The van der Waals surface area contributed by atoms with E-state index >= 15 is 0 Å². The van der Waals surface area contributed by atoms with Gasteiger partial charge in [0.1, 0.15) is 0 Å². The summed E-state index contributed by atoms with van der Waals surface area (Å²) < 4.78 is 5.48. The predicted octanol–water partition coefficient (Wildman–Crippen LogP) is 23.7. The third-order valence-electron chi connectivity index (χ3n) is 17.3. The minimum atomic E-state index is -0.673. The molecule has 2 unspecified atom stereocenters. The number of nitrogens with one attached hydrogen (secondary N) is 1. The molecule has 0 heterocycles. The van der Waals surface area contributed by atoms with Crippen LogP contribution in [0.4, 0.5) is 0 Å². The van der Waals surface area contributed by atoms with E-state index in [4.69, 9.17) is 4.74 Å². The average molecular weight is 1130 g/mol. The second kappa shape index (κ2) is 69.8. The van der Waals surface area contributed by atoms with Gasteiger partial charge in [0.15, 0.2) is 0 Å². The lowest BCUT2D eigenvalue weighted by Gasteiger charge is -2.22. The van der Waals surface area contributed by atoms with E-state index in [2.05, 4.69) is 43.5 Å². The lowest BCUT2D eigenvalue weighted by Crippen LogP contribution is -2.45. The smallest absolute Gasteiger partial charge is 0.305 e. The molecule has 1 amide bonds. The number of unbranched alkanes of at least 4 members (excludes halogenated alkanes) is 55. The molecular formula is C74H143NO5. The van der Waals surface area contributed by atoms with Crippen molar-refractivity contribution in [2.75, 3.05) is 13.2 Å². The minimum Gasteiger partial charge on any atom is -0.466 e. The van der Waals surface area contributed by atoms with E-state index in [1.54, 1.807) is 0 Å². The molecule has 474 valence electrons. The Morgan fingerprint density at radius 3 is 0.925 bits per heavy atom. The molecule has 3 N–H and O–H groups in total. The molecule has 0 radical (unpaired) electrons. The molecular weight excluding hydrogens is 983 g/mol. The van der Waals surface area contributed by atoms with Gasteiger partial charge in [0.2, 0.25) is 5.91 Å². The third kappa shape index (κ3) is 65.5. The van der Waals surface area contributed by atoms with Gasteiger partial charge in [-0.25, -0.2) is 0 Å². The van der Waals surface area contributed by atoms with E-state index in [0.717, 1.165) is 70.6 Å². The standard InChI is InChI=1S/C74H143NO5/c1-3-5-7-9-11-13-15-17-19-21-23-24-25-26-27-28-31-34-38-42-46-50-54-58-62-66-72(77)71(70-76)75-73(78)67-63-59-55-51-47-43-39-35-32-29-33-37-41-45-49-53-57-61-65-69-80-74(79)68-64-60-56-52-48-44-40-36-30-22-20-18-16-14-12-10-8-6-4-2/h37,41,45,49,71-72,76-77H,3-36,38-40,42-44,46-48,50-70H2,1-2H3,(H,75,78)/b41-37-,49-45-. The molecule has 0 aromatic carbocycles. The summed E-state index contributed by atoms with van der Waals surface area (Å²) >= 11 is 0. The molecule has 0 saturated carbocycles. The Balaban J connectivity index is 3.44. The normalized spacial score (nSPS) is 12.6. The van der Waals surface area contributed by atoms with Gasteiger partial charge in [0.05, 0.1) is 25.4 Å². The molecule has 0 aliphatic heterocycles. The highest BCUT2D eigenvalue weighted by atomic mass is 16.5. The lowest BCUT2D eigenvalue weighted by molar-refractivity contribution is -0.143. The highest BCUT2D eigenvalue weighted by Crippen LogP contribution is 2.19. The van der Waals surface area contributed by atoms with Crippen molar-refractivity contribution in [3.63, 3.8) is 0 Å². The number of ether oxygens (including phenoxy) is 1. The van der Waals surface area contributed by atoms with Gasteiger partial charge in [0.25, 0.3) is 0 Å². The average Bonchev–Trinajstić information content (AvgIpc) is 3.46. The highest BCUT2D eigenvalue weighted by Gasteiger charge is 2.20. The Hall–Kier alpha value is -1.66. The summed E-state index contributed by atoms with van der Waals surface area (Å²) in [5.74, 6) is -0.0470. The van der Waals surface area contributed by atoms with Crippen molar-refractivity contribution in [2.45, 2.75) is 424 Å². The molecule has 2 atom stereocenters. The van der Waals surface area contributed by atoms with Gasteiger partial charge in [-0.3, -0.25) is 9.59 Å². The van der Waals surface area contributed by atoms with Gasteiger partial charge >= 0.3 is 5.97 Å². The number of hydrogen-bond acceptors (Lipinski definition) is 5. The van der Waals surface area contributed by atoms with Crippen molar-refractivity contribution in [1.82, 2.24) is 5.32 Å². The van der Waals surface area contributed by atoms with Crippen LogP contribution in [0.3, 0.4) is 0 Å². The van der Waals surface area contributed by atoms with Crippen LogP contribution in [0.5, 0.6) is 0 Å². The van der Waals surface area contributed by atoms with Crippen molar-refractivity contribution in [3.8, 4) is 0 Å². The Kier molecular flexibility index (Phi) is 68.4. The third-order valence-corrected chi connectivity index (χ3v) is 17.3. The molecule has 0 spiro atoms. The second-order valence-corrected chi connectivity index (χ2v) is 25.3. The number of carbonyl (C=O) groups excluding carboxylic acids is 2. The summed E-state index contributed by atoms with van der Waals surface area (Å²) in [6, 6.07) is -0.551. The van der Waals surface area contributed by atoms with Crippen molar-refractivity contribution in [2.24, 2.45) is 0 Å². The molecule has 80 heavy (non-hydrogen) atoms. The summed E-state index contributed by atoms with van der Waals surface area (Å²) in [6.07, 6.45) is 88.0. The zero-order chi connectivity index (χ0) is 57.8. The van der Waals surface area contributed by atoms with E-state index in [-0.39, 0.29) is 18.5 Å². The fourth-order valence-electron chi connectivity index (χ4n) is 11.7. The van der Waals surface area contributed by atoms with Crippen molar-refractivity contribution in [1.29, 1.82) is 0 Å². The molecule has 0 rings (SSSR count). The quantitative estimate of drug-likeness (QED) is 0.0320. The summed E-state index contributed by atoms with van der Waals surface area (Å²) in [5, 5.41) is 23.4. The van der Waals surface area contributed by atoms with Crippen molar-refractivity contribution < 1.29 is 24.5 Å². The first kappa shape index (κ1) is 78.3. The first-order valence-corrected chi connectivity index (χ1v) is 36.6. The highest BCUT2D eigenvalue weighted by molar-refractivity contribution is 5.76. The predicted molar refractivity (Wildman–Crippen MR) is 352 cm³/mol. The molecule has 0 aromatic heterocycles. The van der Waals surface area contributed by atoms with Crippen LogP contribution < -0.4 is 5.32 Å². The number of hydrogen-bond donors (Lipinski definition) is 3. The lowest BCUT2D eigenvalue weighted by atomic mass is 10.0. The van der Waals surface area contributed by atoms with Crippen LogP contribution in [0.1, 0.15) is 412 Å². The van der Waals surface area contributed by atoms with Crippen LogP contribution in [0, 0.1) is 0 Å². The Bertz CT molecular complexity index is 1250. The molecule has 0 aliphatic carbocycles. The largest absolute Gasteiger partial charge is 0.466 e. The maximum atomic E-state index is 12.6. The van der Waals surface area contributed by atoms with Gasteiger partial charge in [-0.1, -0.05) is 366 Å². The van der Waals surface area contributed by atoms with E-state index in [9.17, 15) is 19.8 Å². The monoisotopic (exact) mass is 1130 g/mol. The Morgan fingerprint density at radius 1 is 0.350 bits per heavy atom. The van der Waals surface area contributed by atoms with Crippen LogP contribution in [-0.4, -0.2) is 47.4 Å². The maximum Gasteiger partial charge on any atom is 0.305 e. The summed E-state index contributed by atoms with van der Waals surface area (Å²) in [7, 11) is 0. The number of allylic oxidation sites excluding steroid dienone is 4.